The monoisotopic (exact) mass is 338 g/mol. The number of benzene rings is 1. The van der Waals surface area contributed by atoms with E-state index in [1.165, 1.54) is 12.3 Å². The van der Waals surface area contributed by atoms with Gasteiger partial charge in [0.1, 0.15) is 11.6 Å². The quantitative estimate of drug-likeness (QED) is 0.899. The number of alkyl halides is 3. The SMILES string of the molecule is Nc1ccnc(CN2CC(O)CC2c2cccc(C(F)(F)F)c2)n1. The fourth-order valence-electron chi connectivity index (χ4n) is 3.00. The van der Waals surface area contributed by atoms with Gasteiger partial charge in [-0.1, -0.05) is 12.1 Å². The first-order valence-corrected chi connectivity index (χ1v) is 7.49. The van der Waals surface area contributed by atoms with E-state index in [-0.39, 0.29) is 6.04 Å². The van der Waals surface area contributed by atoms with E-state index in [2.05, 4.69) is 9.97 Å². The molecule has 0 aliphatic carbocycles. The van der Waals surface area contributed by atoms with E-state index in [9.17, 15) is 18.3 Å². The second-order valence-electron chi connectivity index (χ2n) is 5.86. The third-order valence-corrected chi connectivity index (χ3v) is 4.05. The van der Waals surface area contributed by atoms with E-state index < -0.39 is 17.8 Å². The van der Waals surface area contributed by atoms with Crippen molar-refractivity contribution in [2.75, 3.05) is 12.3 Å². The molecule has 1 aromatic carbocycles. The molecule has 2 aromatic rings. The summed E-state index contributed by atoms with van der Waals surface area (Å²) >= 11 is 0. The predicted octanol–water partition coefficient (Wildman–Crippen LogP) is 2.39. The van der Waals surface area contributed by atoms with Crippen molar-refractivity contribution in [2.24, 2.45) is 0 Å². The number of β-amino-alcohol motifs (C(OH)–C–C–N with tert-alkyl or cyclic N) is 1. The lowest BCUT2D eigenvalue weighted by atomic mass is 10.0. The number of aliphatic hydroxyl groups excluding tert-OH is 1. The summed E-state index contributed by atoms with van der Waals surface area (Å²) in [5, 5.41) is 9.96. The molecule has 1 aromatic heterocycles. The Labute approximate surface area is 137 Å². The van der Waals surface area contributed by atoms with Gasteiger partial charge in [-0.3, -0.25) is 4.90 Å². The van der Waals surface area contributed by atoms with Crippen LogP contribution in [0.15, 0.2) is 36.5 Å². The van der Waals surface area contributed by atoms with Crippen LogP contribution in [0.4, 0.5) is 19.0 Å². The van der Waals surface area contributed by atoms with E-state index in [0.29, 0.717) is 36.7 Å². The summed E-state index contributed by atoms with van der Waals surface area (Å²) in [6.45, 7) is 0.655. The van der Waals surface area contributed by atoms with Crippen LogP contribution in [-0.4, -0.2) is 32.6 Å². The number of likely N-dealkylation sites (tertiary alicyclic amines) is 1. The molecule has 3 N–H and O–H groups in total. The van der Waals surface area contributed by atoms with Crippen molar-refractivity contribution in [3.63, 3.8) is 0 Å². The van der Waals surface area contributed by atoms with Gasteiger partial charge in [0.15, 0.2) is 0 Å². The van der Waals surface area contributed by atoms with Gasteiger partial charge in [-0.25, -0.2) is 9.97 Å². The maximum absolute atomic E-state index is 12.9. The van der Waals surface area contributed by atoms with Crippen molar-refractivity contribution >= 4 is 5.82 Å². The number of nitrogen functional groups attached to an aromatic ring is 1. The smallest absolute Gasteiger partial charge is 0.392 e. The van der Waals surface area contributed by atoms with Gasteiger partial charge in [0.05, 0.1) is 18.2 Å². The molecule has 1 saturated heterocycles. The summed E-state index contributed by atoms with van der Waals surface area (Å²) in [6.07, 6.45) is -3.10. The molecule has 5 nitrogen and oxygen atoms in total. The Morgan fingerprint density at radius 1 is 1.29 bits per heavy atom. The molecule has 1 aliphatic rings. The van der Waals surface area contributed by atoms with Gasteiger partial charge in [-0.05, 0) is 30.2 Å². The van der Waals surface area contributed by atoms with Crippen molar-refractivity contribution in [3.05, 3.63) is 53.5 Å². The average Bonchev–Trinajstić information content (AvgIpc) is 2.87. The molecule has 0 spiro atoms. The van der Waals surface area contributed by atoms with Gasteiger partial charge in [0.2, 0.25) is 0 Å². The van der Waals surface area contributed by atoms with Crippen LogP contribution in [0, 0.1) is 0 Å². The van der Waals surface area contributed by atoms with Crippen molar-refractivity contribution in [3.8, 4) is 0 Å². The van der Waals surface area contributed by atoms with E-state index in [1.807, 2.05) is 4.90 Å². The fourth-order valence-corrected chi connectivity index (χ4v) is 3.00. The van der Waals surface area contributed by atoms with Gasteiger partial charge < -0.3 is 10.8 Å². The molecular formula is C16H17F3N4O. The Hall–Kier alpha value is -2.19. The minimum Gasteiger partial charge on any atom is -0.392 e. The van der Waals surface area contributed by atoms with Crippen LogP contribution >= 0.6 is 0 Å². The molecule has 0 saturated carbocycles. The summed E-state index contributed by atoms with van der Waals surface area (Å²) in [6, 6.07) is 6.44. The summed E-state index contributed by atoms with van der Waals surface area (Å²) in [4.78, 5) is 10.1. The predicted molar refractivity (Wildman–Crippen MR) is 81.7 cm³/mol. The molecule has 128 valence electrons. The molecule has 8 heteroatoms. The lowest BCUT2D eigenvalue weighted by molar-refractivity contribution is -0.137. The molecule has 0 amide bonds. The maximum Gasteiger partial charge on any atom is 0.416 e. The summed E-state index contributed by atoms with van der Waals surface area (Å²) in [5.41, 5.74) is 5.46. The van der Waals surface area contributed by atoms with E-state index in [0.717, 1.165) is 12.1 Å². The van der Waals surface area contributed by atoms with E-state index >= 15 is 0 Å². The van der Waals surface area contributed by atoms with Gasteiger partial charge in [-0.15, -0.1) is 0 Å². The number of aliphatic hydroxyl groups is 1. The number of rotatable bonds is 3. The van der Waals surface area contributed by atoms with Crippen LogP contribution < -0.4 is 5.73 Å². The highest BCUT2D eigenvalue weighted by atomic mass is 19.4. The second kappa shape index (κ2) is 6.37. The summed E-state index contributed by atoms with van der Waals surface area (Å²) in [7, 11) is 0. The number of halogens is 3. The number of aromatic nitrogens is 2. The number of nitrogens with two attached hydrogens (primary N) is 1. The third kappa shape index (κ3) is 3.65. The van der Waals surface area contributed by atoms with E-state index in [4.69, 9.17) is 5.73 Å². The molecule has 2 unspecified atom stereocenters. The highest BCUT2D eigenvalue weighted by Gasteiger charge is 2.35. The number of nitrogens with zero attached hydrogens (tertiary/aromatic N) is 3. The molecule has 0 radical (unpaired) electrons. The molecule has 1 aliphatic heterocycles. The highest BCUT2D eigenvalue weighted by molar-refractivity contribution is 5.29. The highest BCUT2D eigenvalue weighted by Crippen LogP contribution is 2.36. The topological polar surface area (TPSA) is 75.3 Å². The van der Waals surface area contributed by atoms with Gasteiger partial charge in [0.25, 0.3) is 0 Å². The van der Waals surface area contributed by atoms with Gasteiger partial charge >= 0.3 is 6.18 Å². The number of hydrogen-bond donors (Lipinski definition) is 2. The largest absolute Gasteiger partial charge is 0.416 e. The molecule has 2 heterocycles. The van der Waals surface area contributed by atoms with Crippen molar-refractivity contribution in [1.82, 2.24) is 14.9 Å². The average molecular weight is 338 g/mol. The third-order valence-electron chi connectivity index (χ3n) is 4.05. The first-order valence-electron chi connectivity index (χ1n) is 7.49. The van der Waals surface area contributed by atoms with Crippen molar-refractivity contribution < 1.29 is 18.3 Å². The Kier molecular flexibility index (Phi) is 4.42. The van der Waals surface area contributed by atoms with Crippen LogP contribution in [0.3, 0.4) is 0 Å². The molecule has 24 heavy (non-hydrogen) atoms. The zero-order valence-electron chi connectivity index (χ0n) is 12.7. The zero-order chi connectivity index (χ0) is 17.3. The lowest BCUT2D eigenvalue weighted by Gasteiger charge is -2.24. The fraction of sp³-hybridized carbons (Fsp3) is 0.375. The first-order chi connectivity index (χ1) is 11.3. The van der Waals surface area contributed by atoms with Crippen LogP contribution in [0.2, 0.25) is 0 Å². The molecular weight excluding hydrogens is 321 g/mol. The summed E-state index contributed by atoms with van der Waals surface area (Å²) in [5.74, 6) is 0.802. The lowest BCUT2D eigenvalue weighted by Crippen LogP contribution is -2.25. The zero-order valence-corrected chi connectivity index (χ0v) is 12.7. The second-order valence-corrected chi connectivity index (χ2v) is 5.86. The van der Waals surface area contributed by atoms with Crippen LogP contribution in [0.1, 0.15) is 29.4 Å². The minimum atomic E-state index is -4.39. The van der Waals surface area contributed by atoms with Crippen molar-refractivity contribution in [2.45, 2.75) is 31.3 Å². The molecule has 1 fully saturated rings. The van der Waals surface area contributed by atoms with Crippen molar-refractivity contribution in [1.29, 1.82) is 0 Å². The maximum atomic E-state index is 12.9. The standard InChI is InChI=1S/C16H17F3N4O/c17-16(18,19)11-3-1-2-10(6-11)13-7-12(24)8-23(13)9-15-21-5-4-14(20)22-15/h1-6,12-13,24H,7-9H2,(H2,20,21,22). The van der Waals surface area contributed by atoms with E-state index in [1.54, 1.807) is 12.1 Å². The van der Waals surface area contributed by atoms with Crippen LogP contribution in [0.5, 0.6) is 0 Å². The van der Waals surface area contributed by atoms with Crippen LogP contribution in [-0.2, 0) is 12.7 Å². The minimum absolute atomic E-state index is 0.309. The molecule has 2 atom stereocenters. The number of hydrogen-bond acceptors (Lipinski definition) is 5. The Morgan fingerprint density at radius 2 is 2.08 bits per heavy atom. The number of anilines is 1. The van der Waals surface area contributed by atoms with Crippen LogP contribution in [0.25, 0.3) is 0 Å². The molecule has 3 rings (SSSR count). The Balaban J connectivity index is 1.85. The summed E-state index contributed by atoms with van der Waals surface area (Å²) < 4.78 is 38.8. The van der Waals surface area contributed by atoms with Gasteiger partial charge in [-0.2, -0.15) is 13.2 Å². The Bertz CT molecular complexity index is 722. The molecule has 0 bridgehead atoms. The first kappa shape index (κ1) is 16.7. The Morgan fingerprint density at radius 3 is 2.79 bits per heavy atom. The normalized spacial score (nSPS) is 22.0. The van der Waals surface area contributed by atoms with Gasteiger partial charge in [0, 0.05) is 18.8 Å².